The van der Waals surface area contributed by atoms with Crippen molar-refractivity contribution in [2.24, 2.45) is 0 Å². The fourth-order valence-corrected chi connectivity index (χ4v) is 4.63. The quantitative estimate of drug-likeness (QED) is 0.556. The second kappa shape index (κ2) is 9.41. The van der Waals surface area contributed by atoms with Crippen molar-refractivity contribution in [2.45, 2.75) is 26.8 Å². The lowest BCUT2D eigenvalue weighted by Gasteiger charge is -2.37. The SMILES string of the molecule is Cc1ccc(Nc2nc(C)cc(N3CCN(C(=O)C(C)N4C(=O)c5ccccc5C4=O)CC3)n2)cc1. The Morgan fingerprint density at radius 2 is 1.50 bits per heavy atom. The Bertz CT molecular complexity index is 1300. The second-order valence-electron chi connectivity index (χ2n) is 9.20. The summed E-state index contributed by atoms with van der Waals surface area (Å²) in [6.45, 7) is 7.69. The number of carbonyl (C=O) groups excluding carboxylic acids is 3. The Kier molecular flexibility index (Phi) is 6.13. The van der Waals surface area contributed by atoms with Gasteiger partial charge < -0.3 is 15.1 Å². The highest BCUT2D eigenvalue weighted by Crippen LogP contribution is 2.26. The molecule has 3 heterocycles. The first-order valence-electron chi connectivity index (χ1n) is 12.0. The van der Waals surface area contributed by atoms with Gasteiger partial charge in [-0.1, -0.05) is 29.8 Å². The molecule has 3 amide bonds. The standard InChI is InChI=1S/C27H28N6O3/c1-17-8-10-20(11-9-17)29-27-28-18(2)16-23(30-27)31-12-14-32(15-13-31)24(34)19(3)33-25(35)21-6-4-5-7-22(21)26(33)36/h4-11,16,19H,12-15H2,1-3H3,(H,28,29,30). The molecule has 9 nitrogen and oxygen atoms in total. The van der Waals surface area contributed by atoms with Crippen LogP contribution in [0, 0.1) is 13.8 Å². The first-order valence-corrected chi connectivity index (χ1v) is 12.0. The van der Waals surface area contributed by atoms with E-state index in [9.17, 15) is 14.4 Å². The molecule has 5 rings (SSSR count). The summed E-state index contributed by atoms with van der Waals surface area (Å²) in [4.78, 5) is 52.9. The summed E-state index contributed by atoms with van der Waals surface area (Å²) < 4.78 is 0. The van der Waals surface area contributed by atoms with Gasteiger partial charge in [-0.05, 0) is 45.0 Å². The van der Waals surface area contributed by atoms with Crippen LogP contribution in [0.3, 0.4) is 0 Å². The average Bonchev–Trinajstić information content (AvgIpc) is 3.14. The summed E-state index contributed by atoms with van der Waals surface area (Å²) in [7, 11) is 0. The van der Waals surface area contributed by atoms with Gasteiger partial charge >= 0.3 is 0 Å². The molecule has 0 saturated carbocycles. The molecule has 3 aromatic rings. The van der Waals surface area contributed by atoms with Gasteiger partial charge in [-0.2, -0.15) is 4.98 Å². The van der Waals surface area contributed by atoms with Crippen molar-refractivity contribution in [1.29, 1.82) is 0 Å². The van der Waals surface area contributed by atoms with Crippen LogP contribution in [0.1, 0.15) is 38.9 Å². The van der Waals surface area contributed by atoms with Crippen LogP contribution < -0.4 is 10.2 Å². The van der Waals surface area contributed by atoms with E-state index in [0.717, 1.165) is 22.1 Å². The molecule has 1 aromatic heterocycles. The van der Waals surface area contributed by atoms with E-state index in [4.69, 9.17) is 0 Å². The van der Waals surface area contributed by atoms with Gasteiger partial charge in [-0.25, -0.2) is 4.98 Å². The maximum atomic E-state index is 13.2. The van der Waals surface area contributed by atoms with E-state index in [1.165, 1.54) is 5.56 Å². The molecule has 1 unspecified atom stereocenters. The minimum absolute atomic E-state index is 0.232. The number of rotatable bonds is 5. The number of fused-ring (bicyclic) bond motifs is 1. The number of carbonyl (C=O) groups is 3. The van der Waals surface area contributed by atoms with Gasteiger partial charge in [0.05, 0.1) is 11.1 Å². The summed E-state index contributed by atoms with van der Waals surface area (Å²) in [6.07, 6.45) is 0. The molecule has 184 valence electrons. The molecular formula is C27H28N6O3. The number of hydrogen-bond donors (Lipinski definition) is 1. The van der Waals surface area contributed by atoms with Gasteiger partial charge in [0.15, 0.2) is 0 Å². The lowest BCUT2D eigenvalue weighted by atomic mass is 10.1. The molecule has 9 heteroatoms. The zero-order valence-electron chi connectivity index (χ0n) is 20.6. The molecule has 0 aliphatic carbocycles. The van der Waals surface area contributed by atoms with Crippen molar-refractivity contribution in [3.05, 3.63) is 77.0 Å². The second-order valence-corrected chi connectivity index (χ2v) is 9.20. The first kappa shape index (κ1) is 23.5. The molecule has 36 heavy (non-hydrogen) atoms. The number of nitrogens with zero attached hydrogens (tertiary/aromatic N) is 5. The van der Waals surface area contributed by atoms with Crippen molar-refractivity contribution in [3.8, 4) is 0 Å². The minimum atomic E-state index is -0.865. The van der Waals surface area contributed by atoms with Gasteiger partial charge in [0.1, 0.15) is 11.9 Å². The number of hydrogen-bond acceptors (Lipinski definition) is 7. The normalized spacial score (nSPS) is 16.2. The number of anilines is 3. The highest BCUT2D eigenvalue weighted by atomic mass is 16.2. The monoisotopic (exact) mass is 484 g/mol. The molecule has 1 atom stereocenters. The topological polar surface area (TPSA) is 98.7 Å². The van der Waals surface area contributed by atoms with E-state index in [2.05, 4.69) is 20.2 Å². The molecule has 1 fully saturated rings. The molecule has 2 aliphatic heterocycles. The fraction of sp³-hybridized carbons (Fsp3) is 0.296. The largest absolute Gasteiger partial charge is 0.353 e. The summed E-state index contributed by atoms with van der Waals surface area (Å²) in [5, 5.41) is 3.26. The summed E-state index contributed by atoms with van der Waals surface area (Å²) in [5.74, 6) is 0.245. The van der Waals surface area contributed by atoms with Crippen LogP contribution in [0.15, 0.2) is 54.6 Å². The Balaban J connectivity index is 1.24. The molecule has 0 bridgehead atoms. The number of aromatic nitrogens is 2. The smallest absolute Gasteiger partial charge is 0.262 e. The molecule has 0 spiro atoms. The van der Waals surface area contributed by atoms with Gasteiger partial charge in [0.25, 0.3) is 11.8 Å². The summed E-state index contributed by atoms with van der Waals surface area (Å²) >= 11 is 0. The fourth-order valence-electron chi connectivity index (χ4n) is 4.63. The van der Waals surface area contributed by atoms with E-state index < -0.39 is 17.9 Å². The summed E-state index contributed by atoms with van der Waals surface area (Å²) in [6, 6.07) is 15.8. The Morgan fingerprint density at radius 3 is 2.11 bits per heavy atom. The van der Waals surface area contributed by atoms with Crippen LogP contribution in [0.5, 0.6) is 0 Å². The van der Waals surface area contributed by atoms with Crippen LogP contribution in [0.4, 0.5) is 17.5 Å². The maximum absolute atomic E-state index is 13.2. The third-order valence-corrected chi connectivity index (χ3v) is 6.63. The lowest BCUT2D eigenvalue weighted by molar-refractivity contribution is -0.135. The predicted molar refractivity (Wildman–Crippen MR) is 136 cm³/mol. The maximum Gasteiger partial charge on any atom is 0.262 e. The average molecular weight is 485 g/mol. The molecular weight excluding hydrogens is 456 g/mol. The predicted octanol–water partition coefficient (Wildman–Crippen LogP) is 3.17. The van der Waals surface area contributed by atoms with Crippen LogP contribution in [-0.4, -0.2) is 69.7 Å². The van der Waals surface area contributed by atoms with Crippen molar-refractivity contribution in [3.63, 3.8) is 0 Å². The summed E-state index contributed by atoms with van der Waals surface area (Å²) in [5.41, 5.74) is 3.63. The van der Waals surface area contributed by atoms with Crippen molar-refractivity contribution >= 4 is 35.2 Å². The van der Waals surface area contributed by atoms with Crippen LogP contribution >= 0.6 is 0 Å². The van der Waals surface area contributed by atoms with Crippen molar-refractivity contribution in [1.82, 2.24) is 19.8 Å². The molecule has 2 aromatic carbocycles. The van der Waals surface area contributed by atoms with Gasteiger partial charge in [0, 0.05) is 43.6 Å². The third kappa shape index (κ3) is 4.39. The molecule has 1 saturated heterocycles. The zero-order chi connectivity index (χ0) is 25.4. The van der Waals surface area contributed by atoms with E-state index in [0.29, 0.717) is 43.3 Å². The van der Waals surface area contributed by atoms with E-state index in [-0.39, 0.29) is 5.91 Å². The third-order valence-electron chi connectivity index (χ3n) is 6.63. The van der Waals surface area contributed by atoms with Gasteiger partial charge in [-0.3, -0.25) is 19.3 Å². The molecule has 1 N–H and O–H groups in total. The highest BCUT2D eigenvalue weighted by Gasteiger charge is 2.42. The van der Waals surface area contributed by atoms with Crippen molar-refractivity contribution in [2.75, 3.05) is 36.4 Å². The molecule has 2 aliphatic rings. The van der Waals surface area contributed by atoms with E-state index >= 15 is 0 Å². The number of benzene rings is 2. The van der Waals surface area contributed by atoms with E-state index in [1.54, 1.807) is 36.1 Å². The molecule has 0 radical (unpaired) electrons. The van der Waals surface area contributed by atoms with Crippen LogP contribution in [0.25, 0.3) is 0 Å². The Hall–Kier alpha value is -4.27. The Morgan fingerprint density at radius 1 is 0.889 bits per heavy atom. The number of piperazine rings is 1. The lowest BCUT2D eigenvalue weighted by Crippen LogP contribution is -2.55. The Labute approximate surface area is 209 Å². The first-order chi connectivity index (χ1) is 17.3. The van der Waals surface area contributed by atoms with Crippen LogP contribution in [-0.2, 0) is 4.79 Å². The van der Waals surface area contributed by atoms with Gasteiger partial charge in [0.2, 0.25) is 11.9 Å². The number of aryl methyl sites for hydroxylation is 2. The number of amides is 3. The van der Waals surface area contributed by atoms with Crippen LogP contribution in [0.2, 0.25) is 0 Å². The number of nitrogens with one attached hydrogen (secondary N) is 1. The zero-order valence-corrected chi connectivity index (χ0v) is 20.6. The van der Waals surface area contributed by atoms with Crippen molar-refractivity contribution < 1.29 is 14.4 Å². The highest BCUT2D eigenvalue weighted by molar-refractivity contribution is 6.22. The van der Waals surface area contributed by atoms with E-state index in [1.807, 2.05) is 44.2 Å². The minimum Gasteiger partial charge on any atom is -0.353 e. The van der Waals surface area contributed by atoms with Gasteiger partial charge in [-0.15, -0.1) is 0 Å². The number of imide groups is 1.